The largest absolute Gasteiger partial charge is 0.473 e. The van der Waals surface area contributed by atoms with Gasteiger partial charge >= 0.3 is 0 Å². The summed E-state index contributed by atoms with van der Waals surface area (Å²) in [6, 6.07) is 19.2. The molecule has 1 aliphatic rings. The lowest BCUT2D eigenvalue weighted by molar-refractivity contribution is 0.102. The predicted molar refractivity (Wildman–Crippen MR) is 182 cm³/mol. The number of aryl methyl sites for hydroxylation is 2. The summed E-state index contributed by atoms with van der Waals surface area (Å²) in [4.78, 5) is 25.0. The van der Waals surface area contributed by atoms with Gasteiger partial charge in [-0.1, -0.05) is 41.4 Å². The molecule has 3 aromatic carbocycles. The SMILES string of the molecule is Cc1[nH]nc2c(Cl)cc(NC(=O)c3ccc4c(c3)nc(CN3CC=C(c5cccc(OCc6ccc(Cl)cc6F)n5)CC3)n4C)cc12. The minimum Gasteiger partial charge on any atom is -0.473 e. The molecule has 1 aliphatic heterocycles. The maximum absolute atomic E-state index is 14.2. The molecule has 0 fully saturated rings. The van der Waals surface area contributed by atoms with Crippen LogP contribution >= 0.6 is 23.2 Å². The van der Waals surface area contributed by atoms with E-state index in [-0.39, 0.29) is 12.5 Å². The molecule has 2 N–H and O–H groups in total. The zero-order valence-corrected chi connectivity index (χ0v) is 27.2. The average Bonchev–Trinajstić information content (AvgIpc) is 3.59. The maximum Gasteiger partial charge on any atom is 0.255 e. The summed E-state index contributed by atoms with van der Waals surface area (Å²) in [6.45, 7) is 4.19. The number of benzene rings is 3. The lowest BCUT2D eigenvalue weighted by Crippen LogP contribution is -2.29. The van der Waals surface area contributed by atoms with Crippen molar-refractivity contribution < 1.29 is 13.9 Å². The molecule has 7 rings (SSSR count). The van der Waals surface area contributed by atoms with Gasteiger partial charge in [-0.05, 0) is 67.4 Å². The minimum absolute atomic E-state index is 0.0628. The number of nitrogens with one attached hydrogen (secondary N) is 2. The first-order valence-corrected chi connectivity index (χ1v) is 15.8. The number of carbonyl (C=O) groups is 1. The van der Waals surface area contributed by atoms with E-state index in [4.69, 9.17) is 32.9 Å². The van der Waals surface area contributed by atoms with Gasteiger partial charge in [0.15, 0.2) is 0 Å². The van der Waals surface area contributed by atoms with Crippen molar-refractivity contribution in [3.8, 4) is 5.88 Å². The molecular formula is C35H30Cl2FN7O2. The average molecular weight is 671 g/mol. The molecule has 9 nitrogen and oxygen atoms in total. The second-order valence-corrected chi connectivity index (χ2v) is 12.4. The number of hydrogen-bond acceptors (Lipinski definition) is 6. The predicted octanol–water partition coefficient (Wildman–Crippen LogP) is 7.72. The fraction of sp³-hybridized carbons (Fsp3) is 0.200. The molecule has 238 valence electrons. The first kappa shape index (κ1) is 30.9. The number of pyridine rings is 1. The topological polar surface area (TPSA) is 101 Å². The van der Waals surface area contributed by atoms with Crippen molar-refractivity contribution in [3.05, 3.63) is 117 Å². The highest BCUT2D eigenvalue weighted by atomic mass is 35.5. The Morgan fingerprint density at radius 2 is 1.96 bits per heavy atom. The van der Waals surface area contributed by atoms with Crippen LogP contribution in [0.15, 0.2) is 72.8 Å². The van der Waals surface area contributed by atoms with Crippen LogP contribution < -0.4 is 10.1 Å². The van der Waals surface area contributed by atoms with Crippen molar-refractivity contribution in [2.45, 2.75) is 26.5 Å². The minimum atomic E-state index is -0.407. The van der Waals surface area contributed by atoms with E-state index in [1.54, 1.807) is 30.3 Å². The van der Waals surface area contributed by atoms with Crippen LogP contribution in [0.4, 0.5) is 10.1 Å². The number of amides is 1. The number of aromatic amines is 1. The highest BCUT2D eigenvalue weighted by Gasteiger charge is 2.19. The molecule has 1 amide bonds. The number of nitrogens with zero attached hydrogens (tertiary/aromatic N) is 5. The van der Waals surface area contributed by atoms with Crippen LogP contribution in [-0.4, -0.2) is 48.6 Å². The summed E-state index contributed by atoms with van der Waals surface area (Å²) >= 11 is 12.2. The Bertz CT molecular complexity index is 2190. The van der Waals surface area contributed by atoms with Gasteiger partial charge in [0.1, 0.15) is 23.8 Å². The van der Waals surface area contributed by atoms with Gasteiger partial charge < -0.3 is 14.6 Å². The number of H-pyrrole nitrogens is 1. The van der Waals surface area contributed by atoms with E-state index in [1.165, 1.54) is 6.07 Å². The van der Waals surface area contributed by atoms with Crippen LogP contribution in [0, 0.1) is 12.7 Å². The monoisotopic (exact) mass is 669 g/mol. The van der Waals surface area contributed by atoms with Gasteiger partial charge in [-0.25, -0.2) is 14.4 Å². The molecule has 0 bridgehead atoms. The Hall–Kier alpha value is -4.77. The first-order chi connectivity index (χ1) is 22.7. The summed E-state index contributed by atoms with van der Waals surface area (Å²) in [6.07, 6.45) is 2.99. The Balaban J connectivity index is 1.00. The summed E-state index contributed by atoms with van der Waals surface area (Å²) in [5.41, 5.74) is 6.74. The Morgan fingerprint density at radius 3 is 2.77 bits per heavy atom. The van der Waals surface area contributed by atoms with E-state index in [9.17, 15) is 9.18 Å². The number of rotatable bonds is 8. The van der Waals surface area contributed by atoms with Crippen molar-refractivity contribution in [1.29, 1.82) is 0 Å². The summed E-state index contributed by atoms with van der Waals surface area (Å²) in [5, 5.41) is 11.8. The van der Waals surface area contributed by atoms with Crippen LogP contribution in [0.25, 0.3) is 27.5 Å². The lowest BCUT2D eigenvalue weighted by atomic mass is 10.0. The zero-order chi connectivity index (χ0) is 32.7. The third kappa shape index (κ3) is 6.44. The highest BCUT2D eigenvalue weighted by molar-refractivity contribution is 6.35. The van der Waals surface area contributed by atoms with E-state index in [0.717, 1.165) is 58.7 Å². The number of ether oxygens (including phenoxy) is 1. The van der Waals surface area contributed by atoms with Crippen LogP contribution in [0.5, 0.6) is 5.88 Å². The normalized spacial score (nSPS) is 13.7. The molecule has 0 spiro atoms. The van der Waals surface area contributed by atoms with E-state index in [0.29, 0.717) is 44.8 Å². The van der Waals surface area contributed by atoms with Crippen molar-refractivity contribution in [2.24, 2.45) is 7.05 Å². The van der Waals surface area contributed by atoms with Gasteiger partial charge in [0.2, 0.25) is 5.88 Å². The number of imidazole rings is 1. The van der Waals surface area contributed by atoms with Crippen molar-refractivity contribution in [2.75, 3.05) is 18.4 Å². The molecule has 0 radical (unpaired) electrons. The number of fused-ring (bicyclic) bond motifs is 2. The standard InChI is InChI=1S/C35H30Cl2FN7O2/c1-20-26-16-25(17-27(37)34(26)43-42-20)39-35(46)22-7-9-31-30(14-22)40-32(44(31)2)18-45-12-10-21(11-13-45)29-4-3-5-33(41-29)47-19-23-6-8-24(36)15-28(23)38/h3-10,14-17H,11-13,18-19H2,1-2H3,(H,39,46)(H,42,43). The van der Waals surface area contributed by atoms with E-state index in [1.807, 2.05) is 44.3 Å². The third-order valence-corrected chi connectivity index (χ3v) is 8.92. The fourth-order valence-electron chi connectivity index (χ4n) is 5.76. The molecule has 6 aromatic rings. The molecular weight excluding hydrogens is 640 g/mol. The van der Waals surface area contributed by atoms with Gasteiger partial charge in [0.25, 0.3) is 5.91 Å². The number of hydrogen-bond donors (Lipinski definition) is 2. The lowest BCUT2D eigenvalue weighted by Gasteiger charge is -2.25. The smallest absolute Gasteiger partial charge is 0.255 e. The zero-order valence-electron chi connectivity index (χ0n) is 25.7. The quantitative estimate of drug-likeness (QED) is 0.172. The molecule has 4 heterocycles. The highest BCUT2D eigenvalue weighted by Crippen LogP contribution is 2.29. The summed E-state index contributed by atoms with van der Waals surface area (Å²) in [5.74, 6) is 0.691. The Labute approximate surface area is 280 Å². The van der Waals surface area contributed by atoms with Gasteiger partial charge in [0, 0.05) is 59.1 Å². The van der Waals surface area contributed by atoms with E-state index in [2.05, 4.69) is 36.0 Å². The number of carbonyl (C=O) groups excluding carboxylic acids is 1. The van der Waals surface area contributed by atoms with Gasteiger partial charge in [-0.3, -0.25) is 14.8 Å². The van der Waals surface area contributed by atoms with Gasteiger partial charge in [-0.15, -0.1) is 0 Å². The van der Waals surface area contributed by atoms with E-state index >= 15 is 0 Å². The molecule has 0 unspecified atom stereocenters. The van der Waals surface area contributed by atoms with E-state index < -0.39 is 5.82 Å². The van der Waals surface area contributed by atoms with Crippen LogP contribution in [-0.2, 0) is 20.2 Å². The van der Waals surface area contributed by atoms with Crippen LogP contribution in [0.2, 0.25) is 10.0 Å². The molecule has 12 heteroatoms. The fourth-order valence-corrected chi connectivity index (χ4v) is 6.18. The second kappa shape index (κ2) is 12.8. The molecule has 0 aliphatic carbocycles. The summed E-state index contributed by atoms with van der Waals surface area (Å²) < 4.78 is 22.0. The number of anilines is 1. The van der Waals surface area contributed by atoms with Gasteiger partial charge in [-0.2, -0.15) is 5.10 Å². The number of aromatic nitrogens is 5. The van der Waals surface area contributed by atoms with Crippen molar-refractivity contribution in [1.82, 2.24) is 29.6 Å². The summed E-state index contributed by atoms with van der Waals surface area (Å²) in [7, 11) is 1.99. The maximum atomic E-state index is 14.2. The third-order valence-electron chi connectivity index (χ3n) is 8.40. The Kier molecular flexibility index (Phi) is 8.40. The second-order valence-electron chi connectivity index (χ2n) is 11.5. The molecule has 0 atom stereocenters. The van der Waals surface area contributed by atoms with Crippen LogP contribution in [0.3, 0.4) is 0 Å². The molecule has 0 saturated heterocycles. The van der Waals surface area contributed by atoms with Gasteiger partial charge in [0.05, 0.1) is 28.3 Å². The molecule has 47 heavy (non-hydrogen) atoms. The van der Waals surface area contributed by atoms with Crippen molar-refractivity contribution in [3.63, 3.8) is 0 Å². The molecule has 0 saturated carbocycles. The van der Waals surface area contributed by atoms with Crippen LogP contribution in [0.1, 0.15) is 39.6 Å². The van der Waals surface area contributed by atoms with Crippen molar-refractivity contribution >= 4 is 62.3 Å². The molecule has 3 aromatic heterocycles. The first-order valence-electron chi connectivity index (χ1n) is 15.1. The Morgan fingerprint density at radius 1 is 1.09 bits per heavy atom. The number of halogens is 3.